The molecule has 3 amide bonds. The minimum atomic E-state index is -0.613. The normalized spacial score (nSPS) is 15.7. The first-order chi connectivity index (χ1) is 20.2. The van der Waals surface area contributed by atoms with Crippen LogP contribution in [-0.4, -0.2) is 47.4 Å². The average molecular weight is 641 g/mol. The zero-order chi connectivity index (χ0) is 30.1. The number of fused-ring (bicyclic) bond motifs is 1. The third-order valence-corrected chi connectivity index (χ3v) is 7.67. The number of carbonyl (C=O) groups excluding carboxylic acids is 3. The highest BCUT2D eigenvalue weighted by atomic mass is 79.9. The van der Waals surface area contributed by atoms with E-state index in [-0.39, 0.29) is 24.3 Å². The number of ether oxygens (including phenoxy) is 2. The summed E-state index contributed by atoms with van der Waals surface area (Å²) in [5.74, 6) is 1.79. The molecule has 1 aliphatic heterocycles. The maximum Gasteiger partial charge on any atom is 0.249 e. The number of unbranched alkanes of at least 4 members (excludes halogenated alkanes) is 4. The fourth-order valence-electron chi connectivity index (χ4n) is 4.90. The second-order valence-electron chi connectivity index (χ2n) is 10.5. The summed E-state index contributed by atoms with van der Waals surface area (Å²) in [4.78, 5) is 44.4. The summed E-state index contributed by atoms with van der Waals surface area (Å²) in [7, 11) is 1.62. The molecule has 0 aliphatic carbocycles. The van der Waals surface area contributed by atoms with E-state index in [4.69, 9.17) is 9.47 Å². The molecule has 2 aromatic carbocycles. The Kier molecular flexibility index (Phi) is 11.1. The number of aryl methyl sites for hydroxylation is 1. The Balaban J connectivity index is 1.24. The number of halogens is 1. The maximum atomic E-state index is 12.1. The third kappa shape index (κ3) is 8.64. The standard InChI is InChI=1S/C31H38BrN5O5/c1-19(21-10-9-11-22(32)16-21)33-30-23-17-26(41-3)27(18-25(23)34-20(2)35-30)42-15-8-6-4-5-7-12-28(38)36-24-13-14-29(39)37-31(24)40/h9-11,16-19,24H,4-8,12-15H2,1-3H3,(H,36,38)(H,33,34,35)(H,37,39,40)/t19-,24?/m1/s1. The van der Waals surface area contributed by atoms with Crippen LogP contribution in [0.2, 0.25) is 0 Å². The summed E-state index contributed by atoms with van der Waals surface area (Å²) < 4.78 is 12.8. The number of amides is 3. The van der Waals surface area contributed by atoms with Gasteiger partial charge in [-0.05, 0) is 56.9 Å². The predicted octanol–water partition coefficient (Wildman–Crippen LogP) is 5.52. The highest BCUT2D eigenvalue weighted by molar-refractivity contribution is 9.10. The van der Waals surface area contributed by atoms with Crippen molar-refractivity contribution < 1.29 is 23.9 Å². The van der Waals surface area contributed by atoms with E-state index in [1.807, 2.05) is 31.2 Å². The summed E-state index contributed by atoms with van der Waals surface area (Å²) in [6, 6.07) is 11.4. The van der Waals surface area contributed by atoms with E-state index >= 15 is 0 Å². The first kappa shape index (κ1) is 31.2. The smallest absolute Gasteiger partial charge is 0.249 e. The van der Waals surface area contributed by atoms with Gasteiger partial charge in [-0.1, -0.05) is 47.3 Å². The Bertz CT molecular complexity index is 1430. The van der Waals surface area contributed by atoms with Gasteiger partial charge >= 0.3 is 0 Å². The van der Waals surface area contributed by atoms with Gasteiger partial charge in [-0.15, -0.1) is 0 Å². The lowest BCUT2D eigenvalue weighted by molar-refractivity contribution is -0.137. The van der Waals surface area contributed by atoms with Crippen LogP contribution in [0.4, 0.5) is 5.82 Å². The third-order valence-electron chi connectivity index (χ3n) is 7.17. The van der Waals surface area contributed by atoms with Crippen LogP contribution in [0, 0.1) is 6.92 Å². The van der Waals surface area contributed by atoms with Crippen molar-refractivity contribution in [1.29, 1.82) is 0 Å². The second kappa shape index (κ2) is 14.9. The van der Waals surface area contributed by atoms with Crippen molar-refractivity contribution in [2.45, 2.75) is 77.3 Å². The number of rotatable bonds is 14. The van der Waals surface area contributed by atoms with Crippen molar-refractivity contribution in [1.82, 2.24) is 20.6 Å². The molecule has 0 spiro atoms. The van der Waals surface area contributed by atoms with E-state index in [1.165, 1.54) is 0 Å². The number of benzene rings is 2. The number of hydrogen-bond acceptors (Lipinski definition) is 8. The van der Waals surface area contributed by atoms with Gasteiger partial charge in [-0.25, -0.2) is 9.97 Å². The second-order valence-corrected chi connectivity index (χ2v) is 11.4. The SMILES string of the molecule is COc1cc2c(N[C@H](C)c3cccc(Br)c3)nc(C)nc2cc1OCCCCCCCC(=O)NC1CCC(=O)NC1=O. The number of carbonyl (C=O) groups is 3. The van der Waals surface area contributed by atoms with Crippen molar-refractivity contribution in [2.75, 3.05) is 19.0 Å². The number of nitrogens with zero attached hydrogens (tertiary/aromatic N) is 2. The number of methoxy groups -OCH3 is 1. The number of anilines is 1. The average Bonchev–Trinajstić information content (AvgIpc) is 2.95. The molecule has 4 rings (SSSR count). The first-order valence-corrected chi connectivity index (χ1v) is 15.2. The van der Waals surface area contributed by atoms with Crippen LogP contribution in [0.15, 0.2) is 40.9 Å². The van der Waals surface area contributed by atoms with Crippen LogP contribution in [0.25, 0.3) is 10.9 Å². The molecule has 3 aromatic rings. The van der Waals surface area contributed by atoms with Crippen LogP contribution < -0.4 is 25.4 Å². The summed E-state index contributed by atoms with van der Waals surface area (Å²) in [6.07, 6.45) is 5.43. The molecule has 224 valence electrons. The van der Waals surface area contributed by atoms with Gasteiger partial charge in [0.1, 0.15) is 17.7 Å². The quantitative estimate of drug-likeness (QED) is 0.155. The van der Waals surface area contributed by atoms with E-state index in [9.17, 15) is 14.4 Å². The fourth-order valence-corrected chi connectivity index (χ4v) is 5.31. The molecule has 2 heterocycles. The van der Waals surface area contributed by atoms with Crippen molar-refractivity contribution in [3.8, 4) is 11.5 Å². The summed E-state index contributed by atoms with van der Waals surface area (Å²) >= 11 is 3.54. The lowest BCUT2D eigenvalue weighted by Crippen LogP contribution is -2.52. The number of nitrogens with one attached hydrogen (secondary N) is 3. The molecule has 3 N–H and O–H groups in total. The van der Waals surface area contributed by atoms with Gasteiger partial charge in [0.15, 0.2) is 11.5 Å². The van der Waals surface area contributed by atoms with Gasteiger partial charge in [-0.2, -0.15) is 0 Å². The van der Waals surface area contributed by atoms with Crippen molar-refractivity contribution in [3.05, 3.63) is 52.3 Å². The summed E-state index contributed by atoms with van der Waals surface area (Å²) in [5.41, 5.74) is 1.91. The lowest BCUT2D eigenvalue weighted by Gasteiger charge is -2.21. The highest BCUT2D eigenvalue weighted by Gasteiger charge is 2.27. The van der Waals surface area contributed by atoms with Crippen LogP contribution >= 0.6 is 15.9 Å². The molecular weight excluding hydrogens is 602 g/mol. The monoisotopic (exact) mass is 639 g/mol. The number of aromatic nitrogens is 2. The van der Waals surface area contributed by atoms with Gasteiger partial charge in [0.2, 0.25) is 17.7 Å². The zero-order valence-corrected chi connectivity index (χ0v) is 25.9. The Hall–Kier alpha value is -3.73. The molecule has 1 aliphatic rings. The van der Waals surface area contributed by atoms with Gasteiger partial charge < -0.3 is 20.1 Å². The van der Waals surface area contributed by atoms with Gasteiger partial charge in [0.25, 0.3) is 0 Å². The first-order valence-electron chi connectivity index (χ1n) is 14.4. The largest absolute Gasteiger partial charge is 0.493 e. The molecule has 0 radical (unpaired) electrons. The maximum absolute atomic E-state index is 12.1. The van der Waals surface area contributed by atoms with E-state index in [1.54, 1.807) is 7.11 Å². The van der Waals surface area contributed by atoms with Gasteiger partial charge in [0.05, 0.1) is 25.3 Å². The predicted molar refractivity (Wildman–Crippen MR) is 165 cm³/mol. The Morgan fingerprint density at radius 2 is 1.88 bits per heavy atom. The molecular formula is C31H38BrN5O5. The summed E-state index contributed by atoms with van der Waals surface area (Å²) in [6.45, 7) is 4.50. The zero-order valence-electron chi connectivity index (χ0n) is 24.3. The Morgan fingerprint density at radius 3 is 2.64 bits per heavy atom. The number of imide groups is 1. The number of piperidine rings is 1. The van der Waals surface area contributed by atoms with Crippen LogP contribution in [0.1, 0.15) is 75.7 Å². The van der Waals surface area contributed by atoms with Crippen molar-refractivity contribution in [2.24, 2.45) is 0 Å². The topological polar surface area (TPSA) is 132 Å². The highest BCUT2D eigenvalue weighted by Crippen LogP contribution is 2.35. The molecule has 0 saturated carbocycles. The summed E-state index contributed by atoms with van der Waals surface area (Å²) in [5, 5.41) is 9.35. The minimum Gasteiger partial charge on any atom is -0.493 e. The van der Waals surface area contributed by atoms with Gasteiger partial charge in [-0.3, -0.25) is 19.7 Å². The van der Waals surface area contributed by atoms with Crippen molar-refractivity contribution >= 4 is 50.4 Å². The molecule has 42 heavy (non-hydrogen) atoms. The molecule has 11 heteroatoms. The van der Waals surface area contributed by atoms with Gasteiger partial charge in [0, 0.05) is 28.8 Å². The molecule has 1 saturated heterocycles. The number of hydrogen-bond donors (Lipinski definition) is 3. The van der Waals surface area contributed by atoms with E-state index < -0.39 is 11.9 Å². The van der Waals surface area contributed by atoms with Crippen LogP contribution in [0.3, 0.4) is 0 Å². The Morgan fingerprint density at radius 1 is 1.10 bits per heavy atom. The molecule has 1 aromatic heterocycles. The van der Waals surface area contributed by atoms with E-state index in [0.29, 0.717) is 36.8 Å². The molecule has 1 fully saturated rings. The van der Waals surface area contributed by atoms with Crippen LogP contribution in [-0.2, 0) is 14.4 Å². The van der Waals surface area contributed by atoms with E-state index in [2.05, 4.69) is 60.9 Å². The molecule has 2 atom stereocenters. The van der Waals surface area contributed by atoms with E-state index in [0.717, 1.165) is 58.9 Å². The van der Waals surface area contributed by atoms with Crippen LogP contribution in [0.5, 0.6) is 11.5 Å². The molecule has 10 nitrogen and oxygen atoms in total. The van der Waals surface area contributed by atoms with Crippen molar-refractivity contribution in [3.63, 3.8) is 0 Å². The fraction of sp³-hybridized carbons (Fsp3) is 0.452. The lowest BCUT2D eigenvalue weighted by atomic mass is 10.1. The molecule has 1 unspecified atom stereocenters. The molecule has 0 bridgehead atoms. The minimum absolute atomic E-state index is 0.0293. The Labute approximate surface area is 254 Å².